The van der Waals surface area contributed by atoms with Crippen LogP contribution in [0.25, 0.3) is 0 Å². The van der Waals surface area contributed by atoms with Gasteiger partial charge in [0.2, 0.25) is 0 Å². The average Bonchev–Trinajstić information content (AvgIpc) is 2.24. The Balaban J connectivity index is 2.78. The monoisotopic (exact) mass is 251 g/mol. The number of nitrogens with one attached hydrogen (secondary N) is 1. The molecule has 0 heterocycles. The Morgan fingerprint density at radius 2 is 2.00 bits per heavy atom. The second-order valence-corrected chi connectivity index (χ2v) is 4.82. The topological polar surface area (TPSA) is 75.6 Å². The first-order valence-electron chi connectivity index (χ1n) is 5.56. The quantitative estimate of drug-likeness (QED) is 0.807. The van der Waals surface area contributed by atoms with Crippen LogP contribution in [0, 0.1) is 0 Å². The molecular formula is C13H17NO4. The minimum absolute atomic E-state index is 0.0503. The van der Waals surface area contributed by atoms with E-state index in [1.807, 2.05) is 0 Å². The second kappa shape index (κ2) is 5.53. The summed E-state index contributed by atoms with van der Waals surface area (Å²) in [5.41, 5.74) is -0.311. The van der Waals surface area contributed by atoms with E-state index in [4.69, 9.17) is 4.74 Å². The summed E-state index contributed by atoms with van der Waals surface area (Å²) in [7, 11) is 0. The van der Waals surface area contributed by atoms with Crippen molar-refractivity contribution in [3.63, 3.8) is 0 Å². The standard InChI is InChI=1S/C13H17NO4/c1-13(2,3)18-12(17)14-10(8-15)9-6-4-5-7-11(9)16/h4-8,10,16H,1-3H3,(H,14,17). The van der Waals surface area contributed by atoms with E-state index in [0.717, 1.165) is 0 Å². The van der Waals surface area contributed by atoms with Crippen molar-refractivity contribution in [1.29, 1.82) is 0 Å². The number of hydrogen-bond acceptors (Lipinski definition) is 4. The number of carbonyl (C=O) groups is 2. The largest absolute Gasteiger partial charge is 0.508 e. The van der Waals surface area contributed by atoms with Crippen LogP contribution in [-0.2, 0) is 9.53 Å². The molecule has 0 aromatic heterocycles. The molecule has 0 aliphatic rings. The Labute approximate surface area is 106 Å². The summed E-state index contributed by atoms with van der Waals surface area (Å²) < 4.78 is 5.04. The molecule has 0 aliphatic carbocycles. The number of aldehydes is 1. The molecule has 1 aromatic carbocycles. The van der Waals surface area contributed by atoms with Crippen molar-refractivity contribution >= 4 is 12.4 Å². The fraction of sp³-hybridized carbons (Fsp3) is 0.385. The first-order valence-corrected chi connectivity index (χ1v) is 5.56. The zero-order chi connectivity index (χ0) is 13.8. The lowest BCUT2D eigenvalue weighted by atomic mass is 10.1. The second-order valence-electron chi connectivity index (χ2n) is 4.82. The lowest BCUT2D eigenvalue weighted by Gasteiger charge is -2.21. The predicted molar refractivity (Wildman–Crippen MR) is 66.3 cm³/mol. The highest BCUT2D eigenvalue weighted by molar-refractivity contribution is 5.75. The predicted octanol–water partition coefficient (Wildman–Crippen LogP) is 2.16. The zero-order valence-electron chi connectivity index (χ0n) is 10.6. The van der Waals surface area contributed by atoms with E-state index in [1.54, 1.807) is 39.0 Å². The molecular weight excluding hydrogens is 234 g/mol. The van der Waals surface area contributed by atoms with Crippen molar-refractivity contribution in [2.24, 2.45) is 0 Å². The van der Waals surface area contributed by atoms with Gasteiger partial charge < -0.3 is 20.0 Å². The molecule has 98 valence electrons. The van der Waals surface area contributed by atoms with Gasteiger partial charge in [-0.3, -0.25) is 0 Å². The summed E-state index contributed by atoms with van der Waals surface area (Å²) in [6.45, 7) is 5.17. The summed E-state index contributed by atoms with van der Waals surface area (Å²) in [6.07, 6.45) is -0.165. The van der Waals surface area contributed by atoms with Gasteiger partial charge in [0.1, 0.15) is 23.7 Å². The molecule has 0 saturated heterocycles. The maximum atomic E-state index is 11.5. The van der Waals surface area contributed by atoms with Gasteiger partial charge in [-0.15, -0.1) is 0 Å². The first-order chi connectivity index (χ1) is 8.33. The van der Waals surface area contributed by atoms with Crippen LogP contribution in [0.5, 0.6) is 5.75 Å². The number of phenols is 1. The van der Waals surface area contributed by atoms with Crippen LogP contribution in [0.3, 0.4) is 0 Å². The van der Waals surface area contributed by atoms with E-state index in [9.17, 15) is 14.7 Å². The maximum absolute atomic E-state index is 11.5. The molecule has 1 unspecified atom stereocenters. The van der Waals surface area contributed by atoms with Gasteiger partial charge >= 0.3 is 6.09 Å². The molecule has 2 N–H and O–H groups in total. The Morgan fingerprint density at radius 3 is 2.50 bits per heavy atom. The van der Waals surface area contributed by atoms with Crippen LogP contribution in [0.15, 0.2) is 24.3 Å². The van der Waals surface area contributed by atoms with Gasteiger partial charge in [0.15, 0.2) is 0 Å². The van der Waals surface area contributed by atoms with Crippen molar-refractivity contribution in [2.45, 2.75) is 32.4 Å². The van der Waals surface area contributed by atoms with Crippen LogP contribution in [0.4, 0.5) is 4.79 Å². The van der Waals surface area contributed by atoms with E-state index >= 15 is 0 Å². The average molecular weight is 251 g/mol. The normalized spacial score (nSPS) is 12.6. The van der Waals surface area contributed by atoms with Crippen molar-refractivity contribution in [1.82, 2.24) is 5.32 Å². The number of ether oxygens (including phenoxy) is 1. The number of aromatic hydroxyl groups is 1. The van der Waals surface area contributed by atoms with Crippen molar-refractivity contribution in [2.75, 3.05) is 0 Å². The third-order valence-electron chi connectivity index (χ3n) is 2.08. The molecule has 1 atom stereocenters. The fourth-order valence-corrected chi connectivity index (χ4v) is 1.37. The van der Waals surface area contributed by atoms with E-state index in [1.165, 1.54) is 6.07 Å². The number of carbonyl (C=O) groups excluding carboxylic acids is 2. The van der Waals surface area contributed by atoms with Gasteiger partial charge in [0.25, 0.3) is 0 Å². The molecule has 5 nitrogen and oxygen atoms in total. The number of para-hydroxylation sites is 1. The van der Waals surface area contributed by atoms with Gasteiger partial charge in [-0.1, -0.05) is 18.2 Å². The summed E-state index contributed by atoms with van der Waals surface area (Å²) in [5, 5.41) is 12.0. The van der Waals surface area contributed by atoms with Crippen molar-refractivity contribution in [3.05, 3.63) is 29.8 Å². The molecule has 0 saturated carbocycles. The minimum Gasteiger partial charge on any atom is -0.508 e. The van der Waals surface area contributed by atoms with E-state index in [0.29, 0.717) is 11.8 Å². The summed E-state index contributed by atoms with van der Waals surface area (Å²) in [5.74, 6) is -0.0503. The van der Waals surface area contributed by atoms with Crippen LogP contribution in [-0.4, -0.2) is 23.1 Å². The summed E-state index contributed by atoms with van der Waals surface area (Å²) in [6, 6.07) is 5.38. The third-order valence-corrected chi connectivity index (χ3v) is 2.08. The third kappa shape index (κ3) is 4.08. The molecule has 5 heteroatoms. The zero-order valence-corrected chi connectivity index (χ0v) is 10.6. The maximum Gasteiger partial charge on any atom is 0.408 e. The molecule has 1 amide bonds. The molecule has 0 bridgehead atoms. The van der Waals surface area contributed by atoms with Gasteiger partial charge in [-0.2, -0.15) is 0 Å². The molecule has 18 heavy (non-hydrogen) atoms. The smallest absolute Gasteiger partial charge is 0.408 e. The lowest BCUT2D eigenvalue weighted by Crippen LogP contribution is -2.35. The summed E-state index contributed by atoms with van der Waals surface area (Å²) >= 11 is 0. The van der Waals surface area contributed by atoms with Crippen LogP contribution < -0.4 is 5.32 Å². The Bertz CT molecular complexity index is 437. The SMILES string of the molecule is CC(C)(C)OC(=O)NC(C=O)c1ccccc1O. The van der Waals surface area contributed by atoms with Crippen molar-refractivity contribution in [3.8, 4) is 5.75 Å². The Hall–Kier alpha value is -2.04. The van der Waals surface area contributed by atoms with Gasteiger partial charge in [0, 0.05) is 5.56 Å². The molecule has 0 radical (unpaired) electrons. The molecule has 0 spiro atoms. The Morgan fingerprint density at radius 1 is 1.39 bits per heavy atom. The molecule has 1 rings (SSSR count). The Kier molecular flexibility index (Phi) is 4.31. The summed E-state index contributed by atoms with van der Waals surface area (Å²) in [4.78, 5) is 22.5. The molecule has 1 aromatic rings. The van der Waals surface area contributed by atoms with Gasteiger partial charge in [0.05, 0.1) is 0 Å². The van der Waals surface area contributed by atoms with Crippen LogP contribution >= 0.6 is 0 Å². The fourth-order valence-electron chi connectivity index (χ4n) is 1.37. The highest BCUT2D eigenvalue weighted by Gasteiger charge is 2.21. The number of phenolic OH excluding ortho intramolecular Hbond substituents is 1. The van der Waals surface area contributed by atoms with Crippen LogP contribution in [0.2, 0.25) is 0 Å². The first kappa shape index (κ1) is 14.0. The minimum atomic E-state index is -0.930. The molecule has 0 fully saturated rings. The number of amides is 1. The lowest BCUT2D eigenvalue weighted by molar-refractivity contribution is -0.109. The van der Waals surface area contributed by atoms with Gasteiger partial charge in [-0.05, 0) is 26.8 Å². The highest BCUT2D eigenvalue weighted by Crippen LogP contribution is 2.22. The number of benzene rings is 1. The van der Waals surface area contributed by atoms with Crippen LogP contribution in [0.1, 0.15) is 32.4 Å². The van der Waals surface area contributed by atoms with Crippen molar-refractivity contribution < 1.29 is 19.4 Å². The number of hydrogen-bond donors (Lipinski definition) is 2. The van der Waals surface area contributed by atoms with Gasteiger partial charge in [-0.25, -0.2) is 4.79 Å². The van der Waals surface area contributed by atoms with E-state index < -0.39 is 17.7 Å². The number of alkyl carbamates (subject to hydrolysis) is 1. The van der Waals surface area contributed by atoms with E-state index in [2.05, 4.69) is 5.32 Å². The van der Waals surface area contributed by atoms with E-state index in [-0.39, 0.29) is 5.75 Å². The highest BCUT2D eigenvalue weighted by atomic mass is 16.6. The number of rotatable bonds is 3. The molecule has 0 aliphatic heterocycles.